The fourth-order valence-electron chi connectivity index (χ4n) is 3.71. The monoisotopic (exact) mass is 313 g/mol. The molecule has 2 atom stereocenters. The molecule has 0 unspecified atom stereocenters. The van der Waals surface area contributed by atoms with Gasteiger partial charge >= 0.3 is 5.97 Å². The average Bonchev–Trinajstić information content (AvgIpc) is 3.10. The zero-order valence-corrected chi connectivity index (χ0v) is 13.8. The molecule has 3 heteroatoms. The van der Waals surface area contributed by atoms with Gasteiger partial charge in [0.05, 0.1) is 5.92 Å². The van der Waals surface area contributed by atoms with E-state index in [-0.39, 0.29) is 17.8 Å². The molecule has 23 heavy (non-hydrogen) atoms. The van der Waals surface area contributed by atoms with Gasteiger partial charge in [-0.15, -0.1) is 0 Å². The lowest BCUT2D eigenvalue weighted by Gasteiger charge is -2.26. The van der Waals surface area contributed by atoms with E-state index in [1.165, 1.54) is 12.8 Å². The summed E-state index contributed by atoms with van der Waals surface area (Å²) < 4.78 is 5.66. The van der Waals surface area contributed by atoms with Crippen LogP contribution in [0.4, 0.5) is 0 Å². The van der Waals surface area contributed by atoms with Gasteiger partial charge in [0, 0.05) is 6.54 Å². The van der Waals surface area contributed by atoms with Gasteiger partial charge in [0.15, 0.2) is 0 Å². The molecule has 0 amide bonds. The molecule has 3 nitrogen and oxygen atoms in total. The van der Waals surface area contributed by atoms with E-state index in [2.05, 4.69) is 29.2 Å². The quantitative estimate of drug-likeness (QED) is 0.591. The summed E-state index contributed by atoms with van der Waals surface area (Å²) in [5.74, 6) is 0.0451. The minimum absolute atomic E-state index is 0.0630. The van der Waals surface area contributed by atoms with Crippen LogP contribution in [0.1, 0.15) is 43.6 Å². The summed E-state index contributed by atoms with van der Waals surface area (Å²) >= 11 is 0. The van der Waals surface area contributed by atoms with E-state index in [4.69, 9.17) is 4.74 Å². The first-order valence-corrected chi connectivity index (χ1v) is 8.95. The number of carbonyl (C=O) groups is 1. The Bertz CT molecular complexity index is 520. The van der Waals surface area contributed by atoms with Gasteiger partial charge in [0.2, 0.25) is 0 Å². The molecule has 0 aromatic heterocycles. The SMILES string of the molecule is O=C(OCCN1CCCC1)[C@H](c1ccccc1)[C@@H]1C=CCCC1. The van der Waals surface area contributed by atoms with Gasteiger partial charge in [0.25, 0.3) is 0 Å². The highest BCUT2D eigenvalue weighted by molar-refractivity contribution is 5.79. The van der Waals surface area contributed by atoms with E-state index in [0.717, 1.165) is 44.5 Å². The van der Waals surface area contributed by atoms with Gasteiger partial charge in [0.1, 0.15) is 6.61 Å². The summed E-state index contributed by atoms with van der Waals surface area (Å²) in [6.45, 7) is 3.67. The Morgan fingerprint density at radius 1 is 1.17 bits per heavy atom. The van der Waals surface area contributed by atoms with Crippen LogP contribution in [-0.4, -0.2) is 37.1 Å². The van der Waals surface area contributed by atoms with Gasteiger partial charge in [-0.1, -0.05) is 42.5 Å². The smallest absolute Gasteiger partial charge is 0.314 e. The lowest BCUT2D eigenvalue weighted by atomic mass is 9.80. The summed E-state index contributed by atoms with van der Waals surface area (Å²) in [6, 6.07) is 10.1. The second-order valence-corrected chi connectivity index (χ2v) is 6.63. The molecule has 0 bridgehead atoms. The predicted octanol–water partition coefficient (Wildman–Crippen LogP) is 3.77. The first-order valence-electron chi connectivity index (χ1n) is 8.95. The van der Waals surface area contributed by atoms with Crippen LogP contribution >= 0.6 is 0 Å². The van der Waals surface area contributed by atoms with Crippen molar-refractivity contribution in [1.82, 2.24) is 4.90 Å². The normalized spacial score (nSPS) is 22.9. The van der Waals surface area contributed by atoms with E-state index < -0.39 is 0 Å². The minimum Gasteiger partial charge on any atom is -0.464 e. The summed E-state index contributed by atoms with van der Waals surface area (Å²) in [5, 5.41) is 0. The zero-order valence-electron chi connectivity index (χ0n) is 13.8. The van der Waals surface area contributed by atoms with Gasteiger partial charge < -0.3 is 4.74 Å². The number of esters is 1. The molecule has 124 valence electrons. The Morgan fingerprint density at radius 3 is 2.65 bits per heavy atom. The number of ether oxygens (including phenoxy) is 1. The van der Waals surface area contributed by atoms with Crippen molar-refractivity contribution >= 4 is 5.97 Å². The van der Waals surface area contributed by atoms with Crippen LogP contribution < -0.4 is 0 Å². The number of hydrogen-bond acceptors (Lipinski definition) is 3. The van der Waals surface area contributed by atoms with Crippen molar-refractivity contribution in [3.63, 3.8) is 0 Å². The molecule has 1 heterocycles. The maximum Gasteiger partial charge on any atom is 0.314 e. The number of nitrogens with zero attached hydrogens (tertiary/aromatic N) is 1. The molecule has 0 N–H and O–H groups in total. The average molecular weight is 313 g/mol. The number of rotatable bonds is 6. The van der Waals surface area contributed by atoms with Gasteiger partial charge in [-0.2, -0.15) is 0 Å². The largest absolute Gasteiger partial charge is 0.464 e. The van der Waals surface area contributed by atoms with Gasteiger partial charge in [-0.25, -0.2) is 0 Å². The van der Waals surface area contributed by atoms with Crippen LogP contribution in [0, 0.1) is 5.92 Å². The maximum absolute atomic E-state index is 12.7. The Morgan fingerprint density at radius 2 is 1.96 bits per heavy atom. The molecule has 1 aromatic rings. The topological polar surface area (TPSA) is 29.5 Å². The predicted molar refractivity (Wildman–Crippen MR) is 92.3 cm³/mol. The summed E-state index contributed by atoms with van der Waals surface area (Å²) in [7, 11) is 0. The molecular formula is C20H27NO2. The van der Waals surface area contributed by atoms with Crippen molar-refractivity contribution in [3.05, 3.63) is 48.0 Å². The Labute approximate surface area is 139 Å². The number of likely N-dealkylation sites (tertiary alicyclic amines) is 1. The first kappa shape index (κ1) is 16.3. The summed E-state index contributed by atoms with van der Waals surface area (Å²) in [4.78, 5) is 15.1. The second kappa shape index (κ2) is 8.30. The zero-order chi connectivity index (χ0) is 15.9. The lowest BCUT2D eigenvalue weighted by molar-refractivity contribution is -0.147. The van der Waals surface area contributed by atoms with Crippen LogP contribution in [0.3, 0.4) is 0 Å². The van der Waals surface area contributed by atoms with Crippen molar-refractivity contribution in [2.24, 2.45) is 5.92 Å². The van der Waals surface area contributed by atoms with Crippen LogP contribution in [0.2, 0.25) is 0 Å². The third kappa shape index (κ3) is 4.44. The Hall–Kier alpha value is -1.61. The van der Waals surface area contributed by atoms with Crippen LogP contribution in [0.15, 0.2) is 42.5 Å². The highest BCUT2D eigenvalue weighted by atomic mass is 16.5. The van der Waals surface area contributed by atoms with Crippen LogP contribution in [-0.2, 0) is 9.53 Å². The standard InChI is InChI=1S/C20H27NO2/c22-20(23-16-15-21-13-7-8-14-21)19(17-9-3-1-4-10-17)18-11-5-2-6-12-18/h1,3-5,9-11,18-19H,2,6-8,12-16H2/t18-,19-/m1/s1. The Kier molecular flexibility index (Phi) is 5.87. The molecule has 0 radical (unpaired) electrons. The van der Waals surface area contributed by atoms with Crippen LogP contribution in [0.5, 0.6) is 0 Å². The maximum atomic E-state index is 12.7. The number of allylic oxidation sites excluding steroid dienone is 2. The Balaban J connectivity index is 1.63. The number of benzene rings is 1. The fourth-order valence-corrected chi connectivity index (χ4v) is 3.71. The highest BCUT2D eigenvalue weighted by Gasteiger charge is 2.30. The molecule has 3 rings (SSSR count). The molecule has 0 saturated carbocycles. The molecule has 1 fully saturated rings. The minimum atomic E-state index is -0.161. The van der Waals surface area contributed by atoms with Crippen molar-refractivity contribution < 1.29 is 9.53 Å². The van der Waals surface area contributed by atoms with E-state index in [1.54, 1.807) is 0 Å². The third-order valence-electron chi connectivity index (χ3n) is 4.98. The van der Waals surface area contributed by atoms with Crippen molar-refractivity contribution in [2.75, 3.05) is 26.2 Å². The summed E-state index contributed by atoms with van der Waals surface area (Å²) in [5.41, 5.74) is 1.08. The fraction of sp³-hybridized carbons (Fsp3) is 0.550. The molecule has 1 aliphatic carbocycles. The highest BCUT2D eigenvalue weighted by Crippen LogP contribution is 2.33. The first-order chi connectivity index (χ1) is 11.3. The summed E-state index contributed by atoms with van der Waals surface area (Å²) in [6.07, 6.45) is 10.3. The number of carbonyl (C=O) groups excluding carboxylic acids is 1. The molecule has 1 aliphatic heterocycles. The van der Waals surface area contributed by atoms with Crippen molar-refractivity contribution in [3.8, 4) is 0 Å². The van der Waals surface area contributed by atoms with E-state index in [9.17, 15) is 4.79 Å². The third-order valence-corrected chi connectivity index (χ3v) is 4.98. The molecule has 2 aliphatic rings. The van der Waals surface area contributed by atoms with Gasteiger partial charge in [-0.05, 0) is 56.7 Å². The molecule has 1 aromatic carbocycles. The van der Waals surface area contributed by atoms with Gasteiger partial charge in [-0.3, -0.25) is 9.69 Å². The van der Waals surface area contributed by atoms with E-state index in [1.807, 2.05) is 18.2 Å². The van der Waals surface area contributed by atoms with Crippen molar-refractivity contribution in [2.45, 2.75) is 38.0 Å². The lowest BCUT2D eigenvalue weighted by Crippen LogP contribution is -2.29. The molecule has 1 saturated heterocycles. The van der Waals surface area contributed by atoms with Crippen molar-refractivity contribution in [1.29, 1.82) is 0 Å². The van der Waals surface area contributed by atoms with E-state index in [0.29, 0.717) is 6.61 Å². The van der Waals surface area contributed by atoms with Crippen LogP contribution in [0.25, 0.3) is 0 Å². The molecular weight excluding hydrogens is 286 g/mol. The molecule has 0 spiro atoms. The number of hydrogen-bond donors (Lipinski definition) is 0. The second-order valence-electron chi connectivity index (χ2n) is 6.63. The van der Waals surface area contributed by atoms with E-state index >= 15 is 0 Å².